The van der Waals surface area contributed by atoms with Crippen molar-refractivity contribution in [2.75, 3.05) is 13.1 Å². The van der Waals surface area contributed by atoms with Crippen molar-refractivity contribution < 1.29 is 9.59 Å². The number of rotatable bonds is 9. The summed E-state index contributed by atoms with van der Waals surface area (Å²) in [4.78, 5) is 25.4. The number of benzene rings is 1. The van der Waals surface area contributed by atoms with Crippen LogP contribution in [0.2, 0.25) is 0 Å². The van der Waals surface area contributed by atoms with Gasteiger partial charge in [0.1, 0.15) is 6.04 Å². The summed E-state index contributed by atoms with van der Waals surface area (Å²) in [5.41, 5.74) is 6.46. The zero-order valence-corrected chi connectivity index (χ0v) is 14.4. The Morgan fingerprint density at radius 1 is 1.08 bits per heavy atom. The van der Waals surface area contributed by atoms with Crippen LogP contribution in [-0.2, 0) is 11.2 Å². The highest BCUT2D eigenvalue weighted by Gasteiger charge is 2.21. The van der Waals surface area contributed by atoms with E-state index in [-0.39, 0.29) is 11.8 Å². The molecule has 0 aliphatic rings. The number of hydrogen-bond donors (Lipinski definition) is 3. The second-order valence-corrected chi connectivity index (χ2v) is 6.43. The standard InChI is InChI=1S/C18H23N3O2S/c19-10-4-5-11-20-17(22)15(13-14-7-2-1-3-8-14)21-18(23)16-9-6-12-24-16/h1-3,6-9,12,15H,4-5,10-11,13,19H2,(H,20,22)(H,21,23). The van der Waals surface area contributed by atoms with Crippen molar-refractivity contribution in [3.8, 4) is 0 Å². The highest BCUT2D eigenvalue weighted by molar-refractivity contribution is 7.12. The Morgan fingerprint density at radius 3 is 2.54 bits per heavy atom. The van der Waals surface area contributed by atoms with Gasteiger partial charge in [-0.2, -0.15) is 0 Å². The summed E-state index contributed by atoms with van der Waals surface area (Å²) in [6.07, 6.45) is 2.16. The van der Waals surface area contributed by atoms with Crippen LogP contribution in [0.25, 0.3) is 0 Å². The molecule has 0 aliphatic heterocycles. The van der Waals surface area contributed by atoms with Gasteiger partial charge in [-0.05, 0) is 36.4 Å². The van der Waals surface area contributed by atoms with Crippen LogP contribution in [0.15, 0.2) is 47.8 Å². The number of hydrogen-bond acceptors (Lipinski definition) is 4. The van der Waals surface area contributed by atoms with Gasteiger partial charge in [0.2, 0.25) is 5.91 Å². The summed E-state index contributed by atoms with van der Waals surface area (Å²) >= 11 is 1.36. The van der Waals surface area contributed by atoms with Gasteiger partial charge in [-0.1, -0.05) is 36.4 Å². The van der Waals surface area contributed by atoms with Crippen LogP contribution in [0.4, 0.5) is 0 Å². The van der Waals surface area contributed by atoms with Gasteiger partial charge in [-0.3, -0.25) is 9.59 Å². The van der Waals surface area contributed by atoms with Crippen molar-refractivity contribution in [1.82, 2.24) is 10.6 Å². The van der Waals surface area contributed by atoms with E-state index in [1.165, 1.54) is 11.3 Å². The Hall–Kier alpha value is -2.18. The molecule has 1 heterocycles. The number of unbranched alkanes of at least 4 members (excludes halogenated alkanes) is 1. The average Bonchev–Trinajstić information content (AvgIpc) is 3.13. The van der Waals surface area contributed by atoms with Crippen LogP contribution >= 0.6 is 11.3 Å². The predicted molar refractivity (Wildman–Crippen MR) is 97.0 cm³/mol. The molecule has 2 rings (SSSR count). The zero-order valence-electron chi connectivity index (χ0n) is 13.5. The summed E-state index contributed by atoms with van der Waals surface area (Å²) in [5, 5.41) is 7.57. The molecule has 128 valence electrons. The second kappa shape index (κ2) is 9.85. The molecule has 0 fully saturated rings. The van der Waals surface area contributed by atoms with Crippen LogP contribution in [0, 0.1) is 0 Å². The van der Waals surface area contributed by atoms with Gasteiger partial charge < -0.3 is 16.4 Å². The molecule has 2 aromatic rings. The Labute approximate surface area is 146 Å². The van der Waals surface area contributed by atoms with Crippen molar-refractivity contribution in [2.24, 2.45) is 5.73 Å². The Balaban J connectivity index is 2.00. The molecule has 0 radical (unpaired) electrons. The van der Waals surface area contributed by atoms with Gasteiger partial charge in [-0.15, -0.1) is 11.3 Å². The minimum atomic E-state index is -0.597. The average molecular weight is 345 g/mol. The Kier molecular flexibility index (Phi) is 7.45. The molecule has 5 nitrogen and oxygen atoms in total. The van der Waals surface area contributed by atoms with Gasteiger partial charge in [0.05, 0.1) is 4.88 Å². The molecule has 1 aromatic carbocycles. The van der Waals surface area contributed by atoms with E-state index in [9.17, 15) is 9.59 Å². The molecule has 0 aliphatic carbocycles. The van der Waals surface area contributed by atoms with Crippen molar-refractivity contribution in [3.63, 3.8) is 0 Å². The number of thiophene rings is 1. The number of amides is 2. The molecular formula is C18H23N3O2S. The van der Waals surface area contributed by atoms with E-state index in [0.29, 0.717) is 24.4 Å². The fourth-order valence-electron chi connectivity index (χ4n) is 2.30. The lowest BCUT2D eigenvalue weighted by Gasteiger charge is -2.18. The van der Waals surface area contributed by atoms with Gasteiger partial charge in [-0.25, -0.2) is 0 Å². The SMILES string of the molecule is NCCCCNC(=O)C(Cc1ccccc1)NC(=O)c1cccs1. The number of nitrogens with two attached hydrogens (primary N) is 1. The van der Waals surface area contributed by atoms with E-state index in [2.05, 4.69) is 10.6 Å². The lowest BCUT2D eigenvalue weighted by molar-refractivity contribution is -0.122. The quantitative estimate of drug-likeness (QED) is 0.607. The van der Waals surface area contributed by atoms with E-state index in [1.807, 2.05) is 41.8 Å². The molecule has 0 saturated heterocycles. The third-order valence-electron chi connectivity index (χ3n) is 3.58. The molecule has 0 saturated carbocycles. The molecule has 2 amide bonds. The highest BCUT2D eigenvalue weighted by Crippen LogP contribution is 2.10. The molecule has 1 atom stereocenters. The lowest BCUT2D eigenvalue weighted by atomic mass is 10.0. The third kappa shape index (κ3) is 5.79. The molecule has 1 unspecified atom stereocenters. The molecule has 0 bridgehead atoms. The molecule has 0 spiro atoms. The summed E-state index contributed by atoms with van der Waals surface area (Å²) in [6, 6.07) is 12.6. The van der Waals surface area contributed by atoms with Gasteiger partial charge in [0, 0.05) is 13.0 Å². The van der Waals surface area contributed by atoms with Crippen molar-refractivity contribution >= 4 is 23.2 Å². The van der Waals surface area contributed by atoms with Crippen LogP contribution < -0.4 is 16.4 Å². The van der Waals surface area contributed by atoms with Crippen molar-refractivity contribution in [3.05, 3.63) is 58.3 Å². The summed E-state index contributed by atoms with van der Waals surface area (Å²) in [6.45, 7) is 1.18. The first-order valence-electron chi connectivity index (χ1n) is 8.07. The van der Waals surface area contributed by atoms with Crippen molar-refractivity contribution in [1.29, 1.82) is 0 Å². The zero-order chi connectivity index (χ0) is 17.2. The smallest absolute Gasteiger partial charge is 0.262 e. The Bertz CT molecular complexity index is 629. The first-order chi connectivity index (χ1) is 11.7. The molecular weight excluding hydrogens is 322 g/mol. The Morgan fingerprint density at radius 2 is 1.88 bits per heavy atom. The lowest BCUT2D eigenvalue weighted by Crippen LogP contribution is -2.48. The molecule has 24 heavy (non-hydrogen) atoms. The monoisotopic (exact) mass is 345 g/mol. The number of carbonyl (C=O) groups is 2. The first-order valence-corrected chi connectivity index (χ1v) is 8.94. The van der Waals surface area contributed by atoms with E-state index in [4.69, 9.17) is 5.73 Å². The molecule has 6 heteroatoms. The minimum absolute atomic E-state index is 0.166. The van der Waals surface area contributed by atoms with E-state index >= 15 is 0 Å². The maximum Gasteiger partial charge on any atom is 0.262 e. The van der Waals surface area contributed by atoms with Gasteiger partial charge in [0.15, 0.2) is 0 Å². The third-order valence-corrected chi connectivity index (χ3v) is 4.45. The fourth-order valence-corrected chi connectivity index (χ4v) is 2.93. The topological polar surface area (TPSA) is 84.2 Å². The highest BCUT2D eigenvalue weighted by atomic mass is 32.1. The summed E-state index contributed by atoms with van der Waals surface area (Å²) < 4.78 is 0. The predicted octanol–water partition coefficient (Wildman–Crippen LogP) is 1.94. The van der Waals surface area contributed by atoms with E-state index in [0.717, 1.165) is 18.4 Å². The number of carbonyl (C=O) groups excluding carboxylic acids is 2. The molecule has 1 aromatic heterocycles. The maximum atomic E-state index is 12.5. The second-order valence-electron chi connectivity index (χ2n) is 5.48. The van der Waals surface area contributed by atoms with Crippen molar-refractivity contribution in [2.45, 2.75) is 25.3 Å². The van der Waals surface area contributed by atoms with Gasteiger partial charge >= 0.3 is 0 Å². The van der Waals surface area contributed by atoms with Gasteiger partial charge in [0.25, 0.3) is 5.91 Å². The van der Waals surface area contributed by atoms with Crippen LogP contribution in [-0.4, -0.2) is 30.9 Å². The van der Waals surface area contributed by atoms with E-state index in [1.54, 1.807) is 6.07 Å². The van der Waals surface area contributed by atoms with E-state index < -0.39 is 6.04 Å². The molecule has 4 N–H and O–H groups in total. The first kappa shape index (κ1) is 18.2. The number of nitrogens with one attached hydrogen (secondary N) is 2. The van der Waals surface area contributed by atoms with Crippen LogP contribution in [0.3, 0.4) is 0 Å². The minimum Gasteiger partial charge on any atom is -0.354 e. The van der Waals surface area contributed by atoms with Crippen LogP contribution in [0.1, 0.15) is 28.1 Å². The normalized spacial score (nSPS) is 11.7. The fraction of sp³-hybridized carbons (Fsp3) is 0.333. The summed E-state index contributed by atoms with van der Waals surface area (Å²) in [5.74, 6) is -0.385. The van der Waals surface area contributed by atoms with Crippen LogP contribution in [0.5, 0.6) is 0 Å². The maximum absolute atomic E-state index is 12.5. The largest absolute Gasteiger partial charge is 0.354 e. The summed E-state index contributed by atoms with van der Waals surface area (Å²) in [7, 11) is 0.